The van der Waals surface area contributed by atoms with Crippen LogP contribution in [0.5, 0.6) is 0 Å². The van der Waals surface area contributed by atoms with Crippen LogP contribution in [0.4, 0.5) is 4.79 Å². The molecule has 146 valence electrons. The summed E-state index contributed by atoms with van der Waals surface area (Å²) in [6.07, 6.45) is 0.178. The van der Waals surface area contributed by atoms with Crippen molar-refractivity contribution >= 4 is 18.0 Å². The minimum atomic E-state index is -0.835. The predicted molar refractivity (Wildman–Crippen MR) is 101 cm³/mol. The number of hydrogen-bond donors (Lipinski definition) is 1. The molecule has 1 amide bonds. The molecule has 28 heavy (non-hydrogen) atoms. The van der Waals surface area contributed by atoms with Crippen molar-refractivity contribution in [1.29, 1.82) is 0 Å². The lowest BCUT2D eigenvalue weighted by Gasteiger charge is -2.09. The van der Waals surface area contributed by atoms with E-state index in [1.807, 2.05) is 48.5 Å². The van der Waals surface area contributed by atoms with E-state index in [-0.39, 0.29) is 25.3 Å². The molecule has 0 unspecified atom stereocenters. The van der Waals surface area contributed by atoms with Gasteiger partial charge in [0.15, 0.2) is 0 Å². The van der Waals surface area contributed by atoms with Crippen molar-refractivity contribution in [2.24, 2.45) is 0 Å². The number of nitrogens with one attached hydrogen (secondary N) is 1. The molecule has 0 aliphatic heterocycles. The molecule has 0 saturated heterocycles. The molecule has 0 atom stereocenters. The van der Waals surface area contributed by atoms with Gasteiger partial charge in [0.05, 0.1) is 13.5 Å². The molecule has 7 nitrogen and oxygen atoms in total. The van der Waals surface area contributed by atoms with Gasteiger partial charge in [-0.05, 0) is 17.2 Å². The Labute approximate surface area is 162 Å². The zero-order chi connectivity index (χ0) is 20.2. The highest BCUT2D eigenvalue weighted by Gasteiger charge is 2.15. The lowest BCUT2D eigenvalue weighted by molar-refractivity contribution is -0.143. The summed E-state index contributed by atoms with van der Waals surface area (Å²) in [5.41, 5.74) is 1.44. The Balaban J connectivity index is 1.86. The van der Waals surface area contributed by atoms with E-state index in [1.54, 1.807) is 12.1 Å². The summed E-state index contributed by atoms with van der Waals surface area (Å²) in [4.78, 5) is 35.6. The first-order valence-electron chi connectivity index (χ1n) is 8.54. The average Bonchev–Trinajstić information content (AvgIpc) is 2.74. The third-order valence-corrected chi connectivity index (χ3v) is 3.57. The highest BCUT2D eigenvalue weighted by atomic mass is 16.6. The fraction of sp³-hybridized carbons (Fsp3) is 0.190. The summed E-state index contributed by atoms with van der Waals surface area (Å²) in [5, 5.41) is 2.28. The van der Waals surface area contributed by atoms with Crippen LogP contribution < -0.4 is 5.32 Å². The molecule has 2 rings (SSSR count). The Kier molecular flexibility index (Phi) is 8.26. The second-order valence-electron chi connectivity index (χ2n) is 5.65. The van der Waals surface area contributed by atoms with Crippen molar-refractivity contribution in [2.75, 3.05) is 7.11 Å². The fourth-order valence-electron chi connectivity index (χ4n) is 2.15. The zero-order valence-corrected chi connectivity index (χ0v) is 15.4. The summed E-state index contributed by atoms with van der Waals surface area (Å²) in [6, 6.07) is 18.3. The topological polar surface area (TPSA) is 90.9 Å². The second-order valence-corrected chi connectivity index (χ2v) is 5.65. The van der Waals surface area contributed by atoms with Gasteiger partial charge < -0.3 is 14.2 Å². The largest absolute Gasteiger partial charge is 0.464 e. The molecule has 7 heteroatoms. The standard InChI is InChI=1S/C21H21NO6/c1-26-20(24)18(22-21(25)28-15-17-10-6-3-7-11-17)12-13-19(23)27-14-16-8-4-2-5-9-16/h2-12H,13-15H2,1H3,(H,22,25)/b18-12-. The minimum Gasteiger partial charge on any atom is -0.464 e. The number of carbonyl (C=O) groups is 3. The van der Waals surface area contributed by atoms with Crippen molar-refractivity contribution in [3.8, 4) is 0 Å². The number of hydrogen-bond acceptors (Lipinski definition) is 6. The third kappa shape index (κ3) is 7.33. The molecule has 0 radical (unpaired) electrons. The van der Waals surface area contributed by atoms with Crippen LogP contribution in [-0.4, -0.2) is 25.1 Å². The van der Waals surface area contributed by atoms with Crippen molar-refractivity contribution in [3.05, 3.63) is 83.6 Å². The number of methoxy groups -OCH3 is 1. The first kappa shape index (κ1) is 20.7. The second kappa shape index (κ2) is 11.2. The van der Waals surface area contributed by atoms with Crippen molar-refractivity contribution < 1.29 is 28.6 Å². The van der Waals surface area contributed by atoms with Crippen LogP contribution in [0.1, 0.15) is 17.5 Å². The maximum absolute atomic E-state index is 11.9. The maximum Gasteiger partial charge on any atom is 0.412 e. The molecule has 0 bridgehead atoms. The van der Waals surface area contributed by atoms with E-state index >= 15 is 0 Å². The average molecular weight is 383 g/mol. The molecule has 0 aromatic heterocycles. The summed E-state index contributed by atoms with van der Waals surface area (Å²) < 4.78 is 14.8. The summed E-state index contributed by atoms with van der Waals surface area (Å²) >= 11 is 0. The SMILES string of the molecule is COC(=O)/C(=C/CC(=O)OCc1ccccc1)NC(=O)OCc1ccccc1. The monoisotopic (exact) mass is 383 g/mol. The first-order chi connectivity index (χ1) is 13.6. The first-order valence-corrected chi connectivity index (χ1v) is 8.54. The van der Waals surface area contributed by atoms with Gasteiger partial charge in [-0.2, -0.15) is 0 Å². The summed E-state index contributed by atoms with van der Waals surface area (Å²) in [7, 11) is 1.17. The summed E-state index contributed by atoms with van der Waals surface area (Å²) in [5.74, 6) is -1.35. The zero-order valence-electron chi connectivity index (χ0n) is 15.4. The molecular weight excluding hydrogens is 362 g/mol. The summed E-state index contributed by atoms with van der Waals surface area (Å²) in [6.45, 7) is 0.161. The Morgan fingerprint density at radius 1 is 0.857 bits per heavy atom. The molecule has 2 aromatic rings. The van der Waals surface area contributed by atoms with Gasteiger partial charge in [-0.15, -0.1) is 0 Å². The van der Waals surface area contributed by atoms with Crippen LogP contribution in [0.3, 0.4) is 0 Å². The minimum absolute atomic E-state index is 0.0419. The highest BCUT2D eigenvalue weighted by molar-refractivity contribution is 5.92. The van der Waals surface area contributed by atoms with E-state index < -0.39 is 18.0 Å². The lowest BCUT2D eigenvalue weighted by Crippen LogP contribution is -2.29. The van der Waals surface area contributed by atoms with Gasteiger partial charge in [0.2, 0.25) is 0 Å². The van der Waals surface area contributed by atoms with Crippen LogP contribution in [0.25, 0.3) is 0 Å². The van der Waals surface area contributed by atoms with Gasteiger partial charge in [0.25, 0.3) is 0 Å². The van der Waals surface area contributed by atoms with Gasteiger partial charge in [-0.3, -0.25) is 10.1 Å². The maximum atomic E-state index is 11.9. The third-order valence-electron chi connectivity index (χ3n) is 3.57. The van der Waals surface area contributed by atoms with Crippen LogP contribution in [0, 0.1) is 0 Å². The van der Waals surface area contributed by atoms with Crippen LogP contribution >= 0.6 is 0 Å². The van der Waals surface area contributed by atoms with Crippen LogP contribution in [-0.2, 0) is 37.0 Å². The number of amides is 1. The van der Waals surface area contributed by atoms with E-state index in [0.29, 0.717) is 0 Å². The molecule has 2 aromatic carbocycles. The number of alkyl carbamates (subject to hydrolysis) is 1. The van der Waals surface area contributed by atoms with E-state index in [2.05, 4.69) is 10.1 Å². The number of ether oxygens (including phenoxy) is 3. The van der Waals surface area contributed by atoms with E-state index in [4.69, 9.17) is 9.47 Å². The predicted octanol–water partition coefficient (Wildman–Crippen LogP) is 3.10. The van der Waals surface area contributed by atoms with Crippen LogP contribution in [0.15, 0.2) is 72.4 Å². The fourth-order valence-corrected chi connectivity index (χ4v) is 2.15. The Morgan fingerprint density at radius 2 is 1.39 bits per heavy atom. The van der Waals surface area contributed by atoms with E-state index in [0.717, 1.165) is 11.1 Å². The Hall–Kier alpha value is -3.61. The number of benzene rings is 2. The van der Waals surface area contributed by atoms with Crippen molar-refractivity contribution in [2.45, 2.75) is 19.6 Å². The van der Waals surface area contributed by atoms with Gasteiger partial charge in [0.1, 0.15) is 18.9 Å². The molecule has 0 aliphatic rings. The van der Waals surface area contributed by atoms with Gasteiger partial charge in [-0.1, -0.05) is 60.7 Å². The molecule has 0 heterocycles. The van der Waals surface area contributed by atoms with Crippen molar-refractivity contribution in [3.63, 3.8) is 0 Å². The lowest BCUT2D eigenvalue weighted by atomic mass is 10.2. The molecule has 0 fully saturated rings. The number of carbonyl (C=O) groups excluding carboxylic acids is 3. The molecular formula is C21H21NO6. The molecule has 0 saturated carbocycles. The molecule has 1 N–H and O–H groups in total. The van der Waals surface area contributed by atoms with Crippen LogP contribution in [0.2, 0.25) is 0 Å². The van der Waals surface area contributed by atoms with Crippen molar-refractivity contribution in [1.82, 2.24) is 5.32 Å². The molecule has 0 spiro atoms. The van der Waals surface area contributed by atoms with Gasteiger partial charge in [0, 0.05) is 0 Å². The smallest absolute Gasteiger partial charge is 0.412 e. The Morgan fingerprint density at radius 3 is 1.93 bits per heavy atom. The normalized spacial score (nSPS) is 10.7. The number of rotatable bonds is 8. The van der Waals surface area contributed by atoms with E-state index in [9.17, 15) is 14.4 Å². The quantitative estimate of drug-likeness (QED) is 0.428. The van der Waals surface area contributed by atoms with Gasteiger partial charge in [-0.25, -0.2) is 9.59 Å². The highest BCUT2D eigenvalue weighted by Crippen LogP contribution is 2.05. The Bertz CT molecular complexity index is 817. The molecule has 0 aliphatic carbocycles. The number of esters is 2. The van der Waals surface area contributed by atoms with E-state index in [1.165, 1.54) is 13.2 Å². The van der Waals surface area contributed by atoms with Gasteiger partial charge >= 0.3 is 18.0 Å².